The van der Waals surface area contributed by atoms with Gasteiger partial charge in [0.25, 0.3) is 5.91 Å². The lowest BCUT2D eigenvalue weighted by atomic mass is 9.71. The van der Waals surface area contributed by atoms with Crippen LogP contribution >= 0.6 is 0 Å². The fraction of sp³-hybridized carbons (Fsp3) is 0.296. The number of nitrogens with zero attached hydrogens (tertiary/aromatic N) is 3. The first kappa shape index (κ1) is 21.8. The van der Waals surface area contributed by atoms with Gasteiger partial charge in [-0.15, -0.1) is 0 Å². The smallest absolute Gasteiger partial charge is 0.253 e. The minimum Gasteiger partial charge on any atom is -0.348 e. The fourth-order valence-electron chi connectivity index (χ4n) is 4.68. The normalized spacial score (nSPS) is 15.2. The third-order valence-corrected chi connectivity index (χ3v) is 6.41. The van der Waals surface area contributed by atoms with E-state index in [9.17, 15) is 9.59 Å². The Morgan fingerprint density at radius 1 is 0.938 bits per heavy atom. The van der Waals surface area contributed by atoms with E-state index in [1.165, 1.54) is 0 Å². The maximum absolute atomic E-state index is 13.4. The molecule has 5 heteroatoms. The summed E-state index contributed by atoms with van der Waals surface area (Å²) in [6.07, 6.45) is 5.55. The molecule has 2 aromatic carbocycles. The van der Waals surface area contributed by atoms with E-state index in [1.807, 2.05) is 79.8 Å². The van der Waals surface area contributed by atoms with Gasteiger partial charge in [-0.05, 0) is 48.6 Å². The summed E-state index contributed by atoms with van der Waals surface area (Å²) < 4.78 is 0. The highest BCUT2D eigenvalue weighted by Crippen LogP contribution is 2.39. The lowest BCUT2D eigenvalue weighted by Gasteiger charge is -2.42. The molecule has 3 aromatic rings. The zero-order valence-corrected chi connectivity index (χ0v) is 18.7. The van der Waals surface area contributed by atoms with Gasteiger partial charge in [-0.1, -0.05) is 48.5 Å². The number of hydrogen-bond donors (Lipinski definition) is 0. The topological polar surface area (TPSA) is 53.5 Å². The minimum atomic E-state index is -0.532. The van der Waals surface area contributed by atoms with Gasteiger partial charge in [-0.25, -0.2) is 0 Å². The van der Waals surface area contributed by atoms with Crippen molar-refractivity contribution in [2.75, 3.05) is 27.2 Å². The van der Waals surface area contributed by atoms with E-state index in [0.717, 1.165) is 16.7 Å². The number of carbonyl (C=O) groups is 2. The van der Waals surface area contributed by atoms with Gasteiger partial charge >= 0.3 is 0 Å². The van der Waals surface area contributed by atoms with Crippen LogP contribution in [-0.4, -0.2) is 53.8 Å². The average Bonchev–Trinajstić information content (AvgIpc) is 2.85. The van der Waals surface area contributed by atoms with Gasteiger partial charge in [0.1, 0.15) is 0 Å². The van der Waals surface area contributed by atoms with E-state index in [4.69, 9.17) is 0 Å². The third kappa shape index (κ3) is 4.42. The van der Waals surface area contributed by atoms with Crippen molar-refractivity contribution >= 4 is 11.8 Å². The zero-order valence-electron chi connectivity index (χ0n) is 18.7. The highest BCUT2D eigenvalue weighted by Gasteiger charge is 2.43. The van der Waals surface area contributed by atoms with Crippen molar-refractivity contribution in [2.45, 2.75) is 19.3 Å². The molecule has 2 heterocycles. The second-order valence-corrected chi connectivity index (χ2v) is 8.71. The van der Waals surface area contributed by atoms with Crippen LogP contribution in [0.3, 0.4) is 0 Å². The number of hydrogen-bond acceptors (Lipinski definition) is 3. The van der Waals surface area contributed by atoms with Crippen LogP contribution in [0.2, 0.25) is 0 Å². The molecule has 0 aliphatic carbocycles. The molecule has 0 N–H and O–H groups in total. The van der Waals surface area contributed by atoms with Crippen LogP contribution in [0.5, 0.6) is 0 Å². The molecule has 1 aliphatic heterocycles. The summed E-state index contributed by atoms with van der Waals surface area (Å²) in [5, 5.41) is 0. The average molecular weight is 428 g/mol. The Morgan fingerprint density at radius 2 is 1.62 bits per heavy atom. The summed E-state index contributed by atoms with van der Waals surface area (Å²) in [5.41, 5.74) is 3.45. The molecular weight excluding hydrogens is 398 g/mol. The molecule has 4 rings (SSSR count). The van der Waals surface area contributed by atoms with Gasteiger partial charge < -0.3 is 9.80 Å². The molecule has 0 spiro atoms. The summed E-state index contributed by atoms with van der Waals surface area (Å²) in [6.45, 7) is 1.14. The van der Waals surface area contributed by atoms with Crippen molar-refractivity contribution in [3.05, 3.63) is 90.3 Å². The molecule has 1 fully saturated rings. The summed E-state index contributed by atoms with van der Waals surface area (Å²) in [5.74, 6) is 0.164. The van der Waals surface area contributed by atoms with E-state index in [-0.39, 0.29) is 11.8 Å². The molecule has 1 aliphatic rings. The Labute approximate surface area is 189 Å². The lowest BCUT2D eigenvalue weighted by molar-refractivity contribution is -0.142. The predicted molar refractivity (Wildman–Crippen MR) is 126 cm³/mol. The lowest BCUT2D eigenvalue weighted by Crippen LogP contribution is -2.51. The predicted octanol–water partition coefficient (Wildman–Crippen LogP) is 4.30. The maximum atomic E-state index is 13.4. The van der Waals surface area contributed by atoms with Gasteiger partial charge in [-0.2, -0.15) is 0 Å². The molecule has 0 bridgehead atoms. The van der Waals surface area contributed by atoms with Crippen LogP contribution in [0.1, 0.15) is 28.8 Å². The number of amides is 2. The Morgan fingerprint density at radius 3 is 2.28 bits per heavy atom. The Hall–Kier alpha value is -3.47. The van der Waals surface area contributed by atoms with Crippen molar-refractivity contribution in [3.63, 3.8) is 0 Å². The van der Waals surface area contributed by atoms with Crippen LogP contribution in [0.15, 0.2) is 79.1 Å². The summed E-state index contributed by atoms with van der Waals surface area (Å²) in [6, 6.07) is 21.6. The highest BCUT2D eigenvalue weighted by molar-refractivity contribution is 5.94. The first-order chi connectivity index (χ1) is 15.5. The maximum Gasteiger partial charge on any atom is 0.253 e. The molecule has 164 valence electrons. The van der Waals surface area contributed by atoms with E-state index in [2.05, 4.69) is 17.1 Å². The molecular formula is C27H29N3O2. The number of benzene rings is 2. The number of carbonyl (C=O) groups excluding carboxylic acids is 2. The van der Waals surface area contributed by atoms with Crippen molar-refractivity contribution in [3.8, 4) is 11.1 Å². The SMILES string of the molecule is CN(C)C(=O)C1(Cc2ccccc2-c2cccnc2)CCN(C(=O)c2ccccc2)CC1. The van der Waals surface area contributed by atoms with Gasteiger partial charge in [0.2, 0.25) is 5.91 Å². The molecule has 0 atom stereocenters. The van der Waals surface area contributed by atoms with Crippen molar-refractivity contribution < 1.29 is 9.59 Å². The second kappa shape index (κ2) is 9.35. The highest BCUT2D eigenvalue weighted by atomic mass is 16.2. The van der Waals surface area contributed by atoms with Crippen molar-refractivity contribution in [1.29, 1.82) is 0 Å². The monoisotopic (exact) mass is 427 g/mol. The number of piperidine rings is 1. The van der Waals surface area contributed by atoms with Gasteiger partial charge in [0.15, 0.2) is 0 Å². The Kier molecular flexibility index (Phi) is 6.35. The summed E-state index contributed by atoms with van der Waals surface area (Å²) in [7, 11) is 3.64. The van der Waals surface area contributed by atoms with Crippen LogP contribution in [0, 0.1) is 5.41 Å². The van der Waals surface area contributed by atoms with Gasteiger partial charge in [-0.3, -0.25) is 14.6 Å². The first-order valence-corrected chi connectivity index (χ1v) is 11.0. The first-order valence-electron chi connectivity index (χ1n) is 11.0. The van der Waals surface area contributed by atoms with Crippen LogP contribution in [-0.2, 0) is 11.2 Å². The van der Waals surface area contributed by atoms with Crippen LogP contribution < -0.4 is 0 Å². The van der Waals surface area contributed by atoms with Crippen molar-refractivity contribution in [2.24, 2.45) is 5.41 Å². The Balaban J connectivity index is 1.60. The minimum absolute atomic E-state index is 0.0345. The molecule has 1 aromatic heterocycles. The molecule has 5 nitrogen and oxygen atoms in total. The number of aromatic nitrogens is 1. The largest absolute Gasteiger partial charge is 0.348 e. The standard InChI is InChI=1S/C27H29N3O2/c1-29(2)26(32)27(14-17-30(18-15-27)25(31)21-9-4-3-5-10-21)19-22-11-6-7-13-24(22)23-12-8-16-28-20-23/h3-13,16,20H,14-15,17-19H2,1-2H3. The zero-order chi connectivity index (χ0) is 22.6. The van der Waals surface area contributed by atoms with E-state index >= 15 is 0 Å². The second-order valence-electron chi connectivity index (χ2n) is 8.71. The number of likely N-dealkylation sites (tertiary alicyclic amines) is 1. The van der Waals surface area contributed by atoms with Gasteiger partial charge in [0, 0.05) is 50.7 Å². The van der Waals surface area contributed by atoms with E-state index in [0.29, 0.717) is 37.9 Å². The fourth-order valence-corrected chi connectivity index (χ4v) is 4.68. The van der Waals surface area contributed by atoms with Gasteiger partial charge in [0.05, 0.1) is 5.41 Å². The Bertz CT molecular complexity index is 1070. The van der Waals surface area contributed by atoms with E-state index in [1.54, 1.807) is 11.1 Å². The molecule has 32 heavy (non-hydrogen) atoms. The molecule has 1 saturated heterocycles. The molecule has 0 radical (unpaired) electrons. The van der Waals surface area contributed by atoms with Crippen LogP contribution in [0.25, 0.3) is 11.1 Å². The third-order valence-electron chi connectivity index (χ3n) is 6.41. The quantitative estimate of drug-likeness (QED) is 0.610. The number of rotatable bonds is 5. The van der Waals surface area contributed by atoms with Crippen LogP contribution in [0.4, 0.5) is 0 Å². The van der Waals surface area contributed by atoms with Crippen molar-refractivity contribution in [1.82, 2.24) is 14.8 Å². The molecule has 0 unspecified atom stereocenters. The number of pyridine rings is 1. The molecule has 2 amide bonds. The molecule has 0 saturated carbocycles. The van der Waals surface area contributed by atoms with E-state index < -0.39 is 5.41 Å². The summed E-state index contributed by atoms with van der Waals surface area (Å²) in [4.78, 5) is 34.2. The summed E-state index contributed by atoms with van der Waals surface area (Å²) >= 11 is 0.